The predicted octanol–water partition coefficient (Wildman–Crippen LogP) is 4.18. The monoisotopic (exact) mass is 492 g/mol. The molecular formula is C27H25FN2O6. The second kappa shape index (κ2) is 10.1. The number of pyridine rings is 1. The number of hydrogen-bond donors (Lipinski definition) is 1. The number of amides is 1. The summed E-state index contributed by atoms with van der Waals surface area (Å²) in [5.74, 6) is -1.56. The lowest BCUT2D eigenvalue weighted by molar-refractivity contribution is -0.140. The first-order chi connectivity index (χ1) is 17.3. The highest BCUT2D eigenvalue weighted by Gasteiger charge is 2.46. The maximum atomic E-state index is 13.9. The van der Waals surface area contributed by atoms with E-state index in [-0.39, 0.29) is 23.2 Å². The number of likely N-dealkylation sites (tertiary alicyclic amines) is 1. The van der Waals surface area contributed by atoms with Crippen molar-refractivity contribution < 1.29 is 33.3 Å². The molecule has 0 saturated carbocycles. The Hall–Kier alpha value is -4.40. The standard InChI is InChI=1S/C27H25FN2O6/c1-15-10-17(7-8-19(15)28)24(31)22-23(18-11-20(34-2)26(36-4)21(12-18)35-3)30(27(33)25(22)32)14-16-6-5-9-29-13-16/h5-13,23,31H,14H2,1-4H3/b24-22+. The summed E-state index contributed by atoms with van der Waals surface area (Å²) in [4.78, 5) is 32.0. The summed E-state index contributed by atoms with van der Waals surface area (Å²) < 4.78 is 30.2. The summed E-state index contributed by atoms with van der Waals surface area (Å²) in [6.45, 7) is 1.60. The van der Waals surface area contributed by atoms with Gasteiger partial charge in [-0.2, -0.15) is 0 Å². The molecular weight excluding hydrogens is 467 g/mol. The number of nitrogens with zero attached hydrogens (tertiary/aromatic N) is 2. The second-order valence-corrected chi connectivity index (χ2v) is 8.21. The molecule has 2 aromatic carbocycles. The Kier molecular flexibility index (Phi) is 6.91. The lowest BCUT2D eigenvalue weighted by atomic mass is 9.94. The summed E-state index contributed by atoms with van der Waals surface area (Å²) in [5.41, 5.74) is 1.50. The van der Waals surface area contributed by atoms with Crippen molar-refractivity contribution in [1.82, 2.24) is 9.88 Å². The Balaban J connectivity index is 1.96. The molecule has 0 radical (unpaired) electrons. The van der Waals surface area contributed by atoms with Crippen molar-refractivity contribution >= 4 is 17.4 Å². The first kappa shape index (κ1) is 24.7. The van der Waals surface area contributed by atoms with Gasteiger partial charge in [-0.25, -0.2) is 4.39 Å². The molecule has 36 heavy (non-hydrogen) atoms. The van der Waals surface area contributed by atoms with E-state index in [0.717, 1.165) is 0 Å². The number of rotatable bonds is 7. The average Bonchev–Trinajstić information content (AvgIpc) is 3.14. The fraction of sp³-hybridized carbons (Fsp3) is 0.222. The summed E-state index contributed by atoms with van der Waals surface area (Å²) in [7, 11) is 4.37. The van der Waals surface area contributed by atoms with Gasteiger partial charge >= 0.3 is 0 Å². The number of Topliss-reactive ketones (excluding diaryl/α,β-unsaturated/α-hetero) is 1. The van der Waals surface area contributed by atoms with Crippen molar-refractivity contribution in [1.29, 1.82) is 0 Å². The number of halogens is 1. The number of benzene rings is 2. The van der Waals surface area contributed by atoms with Gasteiger partial charge in [-0.1, -0.05) is 6.07 Å². The maximum Gasteiger partial charge on any atom is 0.295 e. The van der Waals surface area contributed by atoms with Gasteiger partial charge in [-0.05, 0) is 60.0 Å². The molecule has 1 saturated heterocycles. The number of ketones is 1. The molecule has 1 atom stereocenters. The molecule has 1 amide bonds. The first-order valence-electron chi connectivity index (χ1n) is 11.0. The van der Waals surface area contributed by atoms with Crippen LogP contribution < -0.4 is 14.2 Å². The Morgan fingerprint density at radius 3 is 2.31 bits per heavy atom. The van der Waals surface area contributed by atoms with Crippen molar-refractivity contribution in [2.24, 2.45) is 0 Å². The highest BCUT2D eigenvalue weighted by Crippen LogP contribution is 2.46. The Morgan fingerprint density at radius 2 is 1.75 bits per heavy atom. The minimum absolute atomic E-state index is 0.0545. The van der Waals surface area contributed by atoms with Crippen LogP contribution >= 0.6 is 0 Å². The number of methoxy groups -OCH3 is 3. The molecule has 3 aromatic rings. The van der Waals surface area contributed by atoms with Crippen LogP contribution in [0.2, 0.25) is 0 Å². The summed E-state index contributed by atoms with van der Waals surface area (Å²) in [6, 6.07) is 9.73. The third-order valence-electron chi connectivity index (χ3n) is 6.05. The van der Waals surface area contributed by atoms with Crippen LogP contribution in [0.3, 0.4) is 0 Å². The maximum absolute atomic E-state index is 13.9. The van der Waals surface area contributed by atoms with E-state index in [1.807, 2.05) is 0 Å². The Morgan fingerprint density at radius 1 is 1.06 bits per heavy atom. The van der Waals surface area contributed by atoms with E-state index in [1.165, 1.54) is 44.4 Å². The van der Waals surface area contributed by atoms with Crippen LogP contribution in [0.5, 0.6) is 17.2 Å². The van der Waals surface area contributed by atoms with E-state index in [2.05, 4.69) is 4.98 Å². The average molecular weight is 493 g/mol. The van der Waals surface area contributed by atoms with E-state index in [1.54, 1.807) is 43.6 Å². The lowest BCUT2D eigenvalue weighted by Gasteiger charge is -2.26. The minimum Gasteiger partial charge on any atom is -0.507 e. The quantitative estimate of drug-likeness (QED) is 0.300. The van der Waals surface area contributed by atoms with E-state index in [9.17, 15) is 19.1 Å². The molecule has 0 bridgehead atoms. The summed E-state index contributed by atoms with van der Waals surface area (Å²) in [5, 5.41) is 11.3. The molecule has 2 heterocycles. The van der Waals surface area contributed by atoms with Crippen LogP contribution in [0, 0.1) is 12.7 Å². The van der Waals surface area contributed by atoms with E-state index in [4.69, 9.17) is 14.2 Å². The molecule has 1 aliphatic rings. The van der Waals surface area contributed by atoms with Crippen molar-refractivity contribution in [3.63, 3.8) is 0 Å². The van der Waals surface area contributed by atoms with E-state index in [0.29, 0.717) is 28.4 Å². The molecule has 1 aromatic heterocycles. The van der Waals surface area contributed by atoms with Gasteiger partial charge in [0.15, 0.2) is 11.5 Å². The van der Waals surface area contributed by atoms with Gasteiger partial charge < -0.3 is 24.2 Å². The highest BCUT2D eigenvalue weighted by atomic mass is 19.1. The number of ether oxygens (including phenoxy) is 3. The molecule has 0 spiro atoms. The van der Waals surface area contributed by atoms with Crippen LogP contribution in [-0.4, -0.2) is 48.0 Å². The van der Waals surface area contributed by atoms with Gasteiger partial charge in [0.05, 0.1) is 32.9 Å². The minimum atomic E-state index is -0.996. The zero-order chi connectivity index (χ0) is 26.0. The molecule has 186 valence electrons. The lowest BCUT2D eigenvalue weighted by Crippen LogP contribution is -2.29. The third-order valence-corrected chi connectivity index (χ3v) is 6.05. The predicted molar refractivity (Wildman–Crippen MR) is 129 cm³/mol. The van der Waals surface area contributed by atoms with Crippen LogP contribution in [0.1, 0.15) is 28.3 Å². The number of aryl methyl sites for hydroxylation is 1. The zero-order valence-electron chi connectivity index (χ0n) is 20.2. The fourth-order valence-corrected chi connectivity index (χ4v) is 4.28. The van der Waals surface area contributed by atoms with Gasteiger partial charge in [0.25, 0.3) is 11.7 Å². The smallest absolute Gasteiger partial charge is 0.295 e. The van der Waals surface area contributed by atoms with Crippen molar-refractivity contribution in [3.05, 3.63) is 88.5 Å². The van der Waals surface area contributed by atoms with Crippen LogP contribution in [0.4, 0.5) is 4.39 Å². The topological polar surface area (TPSA) is 98.2 Å². The number of aromatic nitrogens is 1. The molecule has 1 unspecified atom stereocenters. The molecule has 1 fully saturated rings. The summed E-state index contributed by atoms with van der Waals surface area (Å²) >= 11 is 0. The molecule has 4 rings (SSSR count). The Bertz CT molecular complexity index is 1330. The van der Waals surface area contributed by atoms with Crippen molar-refractivity contribution in [3.8, 4) is 17.2 Å². The molecule has 1 aliphatic heterocycles. The second-order valence-electron chi connectivity index (χ2n) is 8.21. The number of hydrogen-bond acceptors (Lipinski definition) is 7. The molecule has 8 nitrogen and oxygen atoms in total. The Labute approximate surface area is 207 Å². The summed E-state index contributed by atoms with van der Waals surface area (Å²) in [6.07, 6.45) is 3.19. The number of aliphatic hydroxyl groups excluding tert-OH is 1. The normalized spacial score (nSPS) is 16.8. The largest absolute Gasteiger partial charge is 0.507 e. The van der Waals surface area contributed by atoms with Gasteiger partial charge in [-0.3, -0.25) is 14.6 Å². The van der Waals surface area contributed by atoms with Gasteiger partial charge in [0, 0.05) is 24.5 Å². The van der Waals surface area contributed by atoms with Gasteiger partial charge in [0.1, 0.15) is 11.6 Å². The van der Waals surface area contributed by atoms with Crippen molar-refractivity contribution in [2.45, 2.75) is 19.5 Å². The van der Waals surface area contributed by atoms with Crippen LogP contribution in [0.25, 0.3) is 5.76 Å². The number of carbonyl (C=O) groups excluding carboxylic acids is 2. The SMILES string of the molecule is COc1cc(C2/C(=C(\O)c3ccc(F)c(C)c3)C(=O)C(=O)N2Cc2cccnc2)cc(OC)c1OC. The first-order valence-corrected chi connectivity index (χ1v) is 11.0. The number of aliphatic hydroxyl groups is 1. The van der Waals surface area contributed by atoms with Gasteiger partial charge in [-0.15, -0.1) is 0 Å². The van der Waals surface area contributed by atoms with Crippen LogP contribution in [0.15, 0.2) is 60.4 Å². The highest BCUT2D eigenvalue weighted by molar-refractivity contribution is 6.46. The molecule has 0 aliphatic carbocycles. The fourth-order valence-electron chi connectivity index (χ4n) is 4.28. The van der Waals surface area contributed by atoms with E-state index >= 15 is 0 Å². The molecule has 1 N–H and O–H groups in total. The van der Waals surface area contributed by atoms with E-state index < -0.39 is 29.3 Å². The zero-order valence-corrected chi connectivity index (χ0v) is 20.2. The molecule has 9 heteroatoms. The van der Waals surface area contributed by atoms with Crippen LogP contribution in [-0.2, 0) is 16.1 Å². The number of carbonyl (C=O) groups is 2. The third kappa shape index (κ3) is 4.35. The van der Waals surface area contributed by atoms with Gasteiger partial charge in [0.2, 0.25) is 5.75 Å². The van der Waals surface area contributed by atoms with Crippen molar-refractivity contribution in [2.75, 3.05) is 21.3 Å².